The highest BCUT2D eigenvalue weighted by molar-refractivity contribution is 5.87. The van der Waals surface area contributed by atoms with Crippen LogP contribution in [0.15, 0.2) is 0 Å². The van der Waals surface area contributed by atoms with E-state index in [0.29, 0.717) is 0 Å². The van der Waals surface area contributed by atoms with Crippen LogP contribution in [0.4, 0.5) is 0 Å². The molecule has 6 nitrogen and oxygen atoms in total. The Bertz CT molecular complexity index is 384. The van der Waals surface area contributed by atoms with Crippen molar-refractivity contribution in [3.05, 3.63) is 0 Å². The van der Waals surface area contributed by atoms with Gasteiger partial charge in [-0.3, -0.25) is 9.59 Å². The van der Waals surface area contributed by atoms with Crippen LogP contribution in [0.2, 0.25) is 0 Å². The van der Waals surface area contributed by atoms with Gasteiger partial charge in [0.15, 0.2) is 0 Å². The van der Waals surface area contributed by atoms with Crippen molar-refractivity contribution < 1.29 is 9.59 Å². The third-order valence-corrected chi connectivity index (χ3v) is 4.40. The van der Waals surface area contributed by atoms with Crippen LogP contribution in [-0.2, 0) is 9.59 Å². The van der Waals surface area contributed by atoms with Crippen LogP contribution in [0.25, 0.3) is 0 Å². The Labute approximate surface area is 151 Å². The third kappa shape index (κ3) is 7.25. The molecular weight excluding hydrogens is 339 g/mol. The lowest BCUT2D eigenvalue weighted by molar-refractivity contribution is -0.127. The first kappa shape index (κ1) is 22.4. The largest absolute Gasteiger partial charge is 0.352 e. The summed E-state index contributed by atoms with van der Waals surface area (Å²) in [5, 5.41) is 5.60. The lowest BCUT2D eigenvalue weighted by Crippen LogP contribution is -2.50. The Morgan fingerprint density at radius 1 is 1.13 bits per heavy atom. The molecule has 0 unspecified atom stereocenters. The maximum atomic E-state index is 11.9. The molecule has 1 saturated heterocycles. The Kier molecular flexibility index (Phi) is 10.1. The molecule has 2 fully saturated rings. The predicted octanol–water partition coefficient (Wildman–Crippen LogP) is 0.672. The highest BCUT2D eigenvalue weighted by Gasteiger charge is 2.32. The fraction of sp³-hybridized carbons (Fsp3) is 0.867. The second-order valence-corrected chi connectivity index (χ2v) is 6.60. The summed E-state index contributed by atoms with van der Waals surface area (Å²) in [5.41, 5.74) is 5.73. The molecule has 2 amide bonds. The van der Waals surface area contributed by atoms with E-state index in [2.05, 4.69) is 15.5 Å². The van der Waals surface area contributed by atoms with Gasteiger partial charge in [-0.2, -0.15) is 0 Å². The van der Waals surface area contributed by atoms with Crippen molar-refractivity contribution >= 4 is 36.6 Å². The van der Waals surface area contributed by atoms with Crippen molar-refractivity contribution in [1.29, 1.82) is 0 Å². The topological polar surface area (TPSA) is 87.5 Å². The Balaban J connectivity index is 0.00000242. The van der Waals surface area contributed by atoms with Crippen molar-refractivity contribution in [3.8, 4) is 0 Å². The SMILES string of the molecule is CC(C)[C@H](N)C(=O)NCC(=O)NC1CCN(C2CC2)CC1.Cl.Cl. The van der Waals surface area contributed by atoms with Gasteiger partial charge >= 0.3 is 0 Å². The molecule has 2 aliphatic rings. The molecule has 2 rings (SSSR count). The smallest absolute Gasteiger partial charge is 0.239 e. The maximum Gasteiger partial charge on any atom is 0.239 e. The number of likely N-dealkylation sites (tertiary alicyclic amines) is 1. The average Bonchev–Trinajstić information content (AvgIpc) is 3.29. The lowest BCUT2D eigenvalue weighted by atomic mass is 10.0. The molecule has 8 heteroatoms. The van der Waals surface area contributed by atoms with Gasteiger partial charge in [0.05, 0.1) is 12.6 Å². The molecule has 23 heavy (non-hydrogen) atoms. The highest BCUT2D eigenvalue weighted by Crippen LogP contribution is 2.29. The van der Waals surface area contributed by atoms with Crippen LogP contribution in [0.3, 0.4) is 0 Å². The summed E-state index contributed by atoms with van der Waals surface area (Å²) in [6, 6.07) is 0.487. The summed E-state index contributed by atoms with van der Waals surface area (Å²) in [5.74, 6) is -0.312. The minimum absolute atomic E-state index is 0. The predicted molar refractivity (Wildman–Crippen MR) is 96.1 cm³/mol. The average molecular weight is 369 g/mol. The fourth-order valence-corrected chi connectivity index (χ4v) is 2.72. The van der Waals surface area contributed by atoms with Crippen LogP contribution in [-0.4, -0.2) is 54.5 Å². The zero-order chi connectivity index (χ0) is 15.4. The number of rotatable bonds is 6. The van der Waals surface area contributed by atoms with E-state index in [4.69, 9.17) is 5.73 Å². The minimum atomic E-state index is -0.556. The van der Waals surface area contributed by atoms with Crippen molar-refractivity contribution in [2.75, 3.05) is 19.6 Å². The first-order chi connectivity index (χ1) is 9.97. The molecule has 0 aromatic heterocycles. The third-order valence-electron chi connectivity index (χ3n) is 4.40. The summed E-state index contributed by atoms with van der Waals surface area (Å²) in [6.07, 6.45) is 4.67. The van der Waals surface area contributed by atoms with E-state index in [-0.39, 0.29) is 55.1 Å². The molecule has 1 atom stereocenters. The summed E-state index contributed by atoms with van der Waals surface area (Å²) in [6.45, 7) is 5.93. The number of nitrogens with two attached hydrogens (primary N) is 1. The van der Waals surface area contributed by atoms with Gasteiger partial charge in [0.1, 0.15) is 0 Å². The fourth-order valence-electron chi connectivity index (χ4n) is 2.72. The van der Waals surface area contributed by atoms with Gasteiger partial charge in [0.25, 0.3) is 0 Å². The molecular formula is C15H30Cl2N4O2. The van der Waals surface area contributed by atoms with Crippen LogP contribution < -0.4 is 16.4 Å². The molecule has 0 bridgehead atoms. The van der Waals surface area contributed by atoms with Crippen molar-refractivity contribution in [1.82, 2.24) is 15.5 Å². The van der Waals surface area contributed by atoms with Crippen molar-refractivity contribution in [3.63, 3.8) is 0 Å². The number of amides is 2. The first-order valence-electron chi connectivity index (χ1n) is 8.04. The quantitative estimate of drug-likeness (QED) is 0.642. The van der Waals surface area contributed by atoms with E-state index >= 15 is 0 Å². The van der Waals surface area contributed by atoms with Crippen LogP contribution in [0, 0.1) is 5.92 Å². The Hall–Kier alpha value is -0.560. The Morgan fingerprint density at radius 3 is 2.17 bits per heavy atom. The number of nitrogens with zero attached hydrogens (tertiary/aromatic N) is 1. The normalized spacial score (nSPS) is 20.2. The van der Waals surface area contributed by atoms with Crippen molar-refractivity contribution in [2.24, 2.45) is 11.7 Å². The number of hydrogen-bond donors (Lipinski definition) is 3. The van der Waals surface area contributed by atoms with Gasteiger partial charge in [-0.15, -0.1) is 24.8 Å². The molecule has 1 aliphatic carbocycles. The van der Waals surface area contributed by atoms with Crippen LogP contribution in [0.5, 0.6) is 0 Å². The standard InChI is InChI=1S/C15H28N4O2.2ClH/c1-10(2)14(16)15(21)17-9-13(20)18-11-5-7-19(8-6-11)12-3-4-12;;/h10-12,14H,3-9,16H2,1-2H3,(H,17,21)(H,18,20);2*1H/t14-;;/m0../s1. The van der Waals surface area contributed by atoms with Gasteiger partial charge in [0.2, 0.25) is 11.8 Å². The van der Waals surface area contributed by atoms with Gasteiger partial charge in [-0.25, -0.2) is 0 Å². The van der Waals surface area contributed by atoms with E-state index in [1.165, 1.54) is 12.8 Å². The summed E-state index contributed by atoms with van der Waals surface area (Å²) in [4.78, 5) is 26.1. The molecule has 0 aromatic carbocycles. The number of carbonyl (C=O) groups excluding carboxylic acids is 2. The molecule has 1 heterocycles. The molecule has 0 spiro atoms. The van der Waals surface area contributed by atoms with Gasteiger partial charge in [-0.1, -0.05) is 13.8 Å². The van der Waals surface area contributed by atoms with E-state index < -0.39 is 6.04 Å². The number of carbonyl (C=O) groups is 2. The number of nitrogens with one attached hydrogen (secondary N) is 2. The van der Waals surface area contributed by atoms with Gasteiger partial charge < -0.3 is 21.3 Å². The molecule has 1 saturated carbocycles. The van der Waals surface area contributed by atoms with Gasteiger partial charge in [-0.05, 0) is 31.6 Å². The highest BCUT2D eigenvalue weighted by atomic mass is 35.5. The van der Waals surface area contributed by atoms with Crippen LogP contribution >= 0.6 is 24.8 Å². The molecule has 0 radical (unpaired) electrons. The van der Waals surface area contributed by atoms with E-state index in [1.54, 1.807) is 0 Å². The van der Waals surface area contributed by atoms with E-state index in [0.717, 1.165) is 32.0 Å². The minimum Gasteiger partial charge on any atom is -0.352 e. The second kappa shape index (κ2) is 10.3. The molecule has 136 valence electrons. The second-order valence-electron chi connectivity index (χ2n) is 6.60. The number of halogens is 2. The lowest BCUT2D eigenvalue weighted by Gasteiger charge is -2.32. The molecule has 0 aromatic rings. The van der Waals surface area contributed by atoms with Crippen molar-refractivity contribution in [2.45, 2.75) is 57.7 Å². The Morgan fingerprint density at radius 2 is 1.70 bits per heavy atom. The number of hydrogen-bond acceptors (Lipinski definition) is 4. The number of piperidine rings is 1. The monoisotopic (exact) mass is 368 g/mol. The van der Waals surface area contributed by atoms with Crippen LogP contribution in [0.1, 0.15) is 39.5 Å². The zero-order valence-electron chi connectivity index (χ0n) is 13.9. The zero-order valence-corrected chi connectivity index (χ0v) is 15.5. The first-order valence-corrected chi connectivity index (χ1v) is 8.04. The van der Waals surface area contributed by atoms with E-state index in [1.807, 2.05) is 13.8 Å². The molecule has 1 aliphatic heterocycles. The summed E-state index contributed by atoms with van der Waals surface area (Å²) >= 11 is 0. The molecule has 4 N–H and O–H groups in total. The summed E-state index contributed by atoms with van der Waals surface area (Å²) in [7, 11) is 0. The van der Waals surface area contributed by atoms with Gasteiger partial charge in [0, 0.05) is 25.2 Å². The summed E-state index contributed by atoms with van der Waals surface area (Å²) < 4.78 is 0. The van der Waals surface area contributed by atoms with E-state index in [9.17, 15) is 9.59 Å². The maximum absolute atomic E-state index is 11.9.